The van der Waals surface area contributed by atoms with E-state index in [-0.39, 0.29) is 51.9 Å². The Balaban J connectivity index is 0.00000484. The Bertz CT molecular complexity index is 1610. The number of unbranched alkanes of at least 4 members (excludes halogenated alkanes) is 2. The maximum Gasteiger partial charge on any atom is 0.264 e. The molecular formula is C31H40N2NaO6S2. The van der Waals surface area contributed by atoms with Gasteiger partial charge in [-0.15, -0.1) is 0 Å². The number of hydrogen-bond acceptors (Lipinski definition) is 6. The van der Waals surface area contributed by atoms with Crippen molar-refractivity contribution in [2.24, 2.45) is 0 Å². The summed E-state index contributed by atoms with van der Waals surface area (Å²) in [5.74, 6) is -0.617. The summed E-state index contributed by atoms with van der Waals surface area (Å²) in [7, 11) is -8.23. The molecule has 2 aromatic carbocycles. The van der Waals surface area contributed by atoms with E-state index in [2.05, 4.69) is 79.7 Å². The number of fused-ring (bicyclic) bond motifs is 2. The largest absolute Gasteiger partial charge is 0.748 e. The fraction of sp³-hybridized carbons (Fsp3) is 0.452. The molecule has 2 aliphatic rings. The third kappa shape index (κ3) is 7.83. The molecule has 0 saturated carbocycles. The molecule has 0 fully saturated rings. The van der Waals surface area contributed by atoms with Gasteiger partial charge in [-0.25, -0.2) is 8.42 Å². The minimum absolute atomic E-state index is 0. The van der Waals surface area contributed by atoms with Crippen molar-refractivity contribution in [1.29, 1.82) is 0 Å². The number of para-hydroxylation sites is 2. The SMILES string of the molecule is CC1(C)C(=CC=CC2=[N+](CCCCS(=O)(=O)O)c3ccccc3C2(C)C)N(CCCCS(=O)(=O)[O-])c2ccccc21.[Na]. The number of benzene rings is 2. The zero-order valence-corrected chi connectivity index (χ0v) is 28.8. The molecule has 0 aliphatic carbocycles. The van der Waals surface area contributed by atoms with E-state index in [4.69, 9.17) is 4.55 Å². The van der Waals surface area contributed by atoms with Gasteiger partial charge in [0.05, 0.1) is 21.3 Å². The van der Waals surface area contributed by atoms with Crippen molar-refractivity contribution in [3.8, 4) is 0 Å². The number of rotatable bonds is 12. The molecule has 0 amide bonds. The second kappa shape index (κ2) is 13.5. The van der Waals surface area contributed by atoms with E-state index in [1.807, 2.05) is 24.3 Å². The van der Waals surface area contributed by atoms with Crippen LogP contribution in [0.25, 0.3) is 0 Å². The standard InChI is InChI=1S/C31H40N2O6S2.Na/c1-30(2)24-14-5-7-16-26(24)32(20-9-11-22-40(34,35)36)28(30)18-13-19-29-31(3,4)25-15-6-8-17-27(25)33(29)21-10-12-23-41(37,38)39;/h5-8,13-19H,9-12,20-23H2,1-4H3,(H-,34,35,36,37,38,39);. The Morgan fingerprint density at radius 2 is 1.48 bits per heavy atom. The minimum atomic E-state index is -4.24. The molecule has 1 radical (unpaired) electrons. The monoisotopic (exact) mass is 623 g/mol. The maximum atomic E-state index is 11.2. The first-order chi connectivity index (χ1) is 19.1. The molecule has 2 aromatic rings. The predicted octanol–water partition coefficient (Wildman–Crippen LogP) is 4.91. The Labute approximate surface area is 273 Å². The molecule has 0 saturated heterocycles. The van der Waals surface area contributed by atoms with E-state index in [9.17, 15) is 21.4 Å². The molecule has 11 heteroatoms. The van der Waals surface area contributed by atoms with Crippen LogP contribution >= 0.6 is 0 Å². The average Bonchev–Trinajstić information content (AvgIpc) is 3.23. The van der Waals surface area contributed by atoms with Crippen molar-refractivity contribution < 1.29 is 30.5 Å². The molecule has 0 atom stereocenters. The first-order valence-electron chi connectivity index (χ1n) is 14.0. The van der Waals surface area contributed by atoms with Gasteiger partial charge in [-0.3, -0.25) is 4.55 Å². The number of anilines is 1. The second-order valence-electron chi connectivity index (χ2n) is 11.8. The Morgan fingerprint density at radius 1 is 0.857 bits per heavy atom. The summed E-state index contributed by atoms with van der Waals surface area (Å²) in [6.07, 6.45) is 8.16. The quantitative estimate of drug-likeness (QED) is 0.154. The summed E-state index contributed by atoms with van der Waals surface area (Å²) < 4.78 is 67.2. The normalized spacial score (nSPS) is 18.4. The van der Waals surface area contributed by atoms with Gasteiger partial charge in [0.25, 0.3) is 10.1 Å². The molecule has 2 aliphatic heterocycles. The molecule has 8 nitrogen and oxygen atoms in total. The van der Waals surface area contributed by atoms with Gasteiger partial charge in [-0.05, 0) is 50.8 Å². The summed E-state index contributed by atoms with van der Waals surface area (Å²) in [6, 6.07) is 16.5. The van der Waals surface area contributed by atoms with Crippen LogP contribution in [0.5, 0.6) is 0 Å². The van der Waals surface area contributed by atoms with Crippen molar-refractivity contribution in [1.82, 2.24) is 0 Å². The third-order valence-electron chi connectivity index (χ3n) is 8.17. The molecule has 0 unspecified atom stereocenters. The van der Waals surface area contributed by atoms with E-state index in [1.54, 1.807) is 0 Å². The van der Waals surface area contributed by atoms with E-state index >= 15 is 0 Å². The topological polar surface area (TPSA) is 118 Å². The van der Waals surface area contributed by atoms with Gasteiger partial charge in [-0.1, -0.05) is 56.3 Å². The molecular weight excluding hydrogens is 583 g/mol. The Kier molecular flexibility index (Phi) is 11.1. The van der Waals surface area contributed by atoms with Crippen molar-refractivity contribution >= 4 is 66.9 Å². The van der Waals surface area contributed by atoms with Crippen LogP contribution in [0.4, 0.5) is 11.4 Å². The van der Waals surface area contributed by atoms with E-state index in [0.29, 0.717) is 38.8 Å². The molecule has 223 valence electrons. The zero-order valence-electron chi connectivity index (χ0n) is 25.2. The fourth-order valence-electron chi connectivity index (χ4n) is 6.10. The zero-order chi connectivity index (χ0) is 30.1. The van der Waals surface area contributed by atoms with Crippen LogP contribution in [-0.2, 0) is 31.1 Å². The fourth-order valence-corrected chi connectivity index (χ4v) is 7.22. The maximum absolute atomic E-state index is 11.2. The van der Waals surface area contributed by atoms with Crippen LogP contribution < -0.4 is 4.90 Å². The smallest absolute Gasteiger partial charge is 0.264 e. The molecule has 2 heterocycles. The van der Waals surface area contributed by atoms with Crippen LogP contribution in [0.15, 0.2) is 72.5 Å². The first kappa shape index (κ1) is 34.7. The van der Waals surface area contributed by atoms with E-state index in [0.717, 1.165) is 22.8 Å². The number of nitrogens with zero attached hydrogens (tertiary/aromatic N) is 2. The molecule has 4 rings (SSSR count). The van der Waals surface area contributed by atoms with E-state index < -0.39 is 20.2 Å². The van der Waals surface area contributed by atoms with Crippen LogP contribution in [0.1, 0.15) is 64.5 Å². The van der Waals surface area contributed by atoms with Crippen molar-refractivity contribution in [3.05, 3.63) is 83.6 Å². The average molecular weight is 624 g/mol. The molecule has 42 heavy (non-hydrogen) atoms. The minimum Gasteiger partial charge on any atom is -0.748 e. The third-order valence-corrected chi connectivity index (χ3v) is 9.76. The summed E-state index contributed by atoms with van der Waals surface area (Å²) in [5.41, 5.74) is 6.22. The van der Waals surface area contributed by atoms with Gasteiger partial charge < -0.3 is 9.45 Å². The van der Waals surface area contributed by atoms with Gasteiger partial charge in [0.1, 0.15) is 6.54 Å². The molecule has 0 bridgehead atoms. The first-order valence-corrected chi connectivity index (χ1v) is 17.2. The Morgan fingerprint density at radius 3 is 2.14 bits per heavy atom. The van der Waals surface area contributed by atoms with Crippen molar-refractivity contribution in [3.63, 3.8) is 0 Å². The van der Waals surface area contributed by atoms with Gasteiger partial charge >= 0.3 is 0 Å². The van der Waals surface area contributed by atoms with Gasteiger partial charge in [0.2, 0.25) is 5.69 Å². The summed E-state index contributed by atoms with van der Waals surface area (Å²) in [4.78, 5) is 2.23. The van der Waals surface area contributed by atoms with Gasteiger partial charge in [0, 0.05) is 82.8 Å². The number of hydrogen-bond donors (Lipinski definition) is 1. The molecule has 0 spiro atoms. The van der Waals surface area contributed by atoms with Crippen LogP contribution in [-0.4, -0.2) is 90.4 Å². The second-order valence-corrected chi connectivity index (χ2v) is 14.9. The van der Waals surface area contributed by atoms with Crippen LogP contribution in [0.3, 0.4) is 0 Å². The van der Waals surface area contributed by atoms with E-state index in [1.165, 1.54) is 11.1 Å². The van der Waals surface area contributed by atoms with Gasteiger partial charge in [-0.2, -0.15) is 13.0 Å². The molecule has 0 aromatic heterocycles. The summed E-state index contributed by atoms with van der Waals surface area (Å²) >= 11 is 0. The molecule has 1 N–H and O–H groups in total. The van der Waals surface area contributed by atoms with Crippen molar-refractivity contribution in [2.75, 3.05) is 29.5 Å². The summed E-state index contributed by atoms with van der Waals surface area (Å²) in [6.45, 7) is 9.95. The van der Waals surface area contributed by atoms with Crippen LogP contribution in [0, 0.1) is 0 Å². The predicted molar refractivity (Wildman–Crippen MR) is 169 cm³/mol. The Hall–Kier alpha value is -1.79. The van der Waals surface area contributed by atoms with Gasteiger partial charge in [0.15, 0.2) is 5.71 Å². The van der Waals surface area contributed by atoms with Crippen molar-refractivity contribution in [2.45, 2.75) is 64.2 Å². The number of allylic oxidation sites excluding steroid dienone is 4. The summed E-state index contributed by atoms with van der Waals surface area (Å²) in [5, 5.41) is 0. The van der Waals surface area contributed by atoms with Crippen LogP contribution in [0.2, 0.25) is 0 Å².